The maximum absolute atomic E-state index is 13.0. The van der Waals surface area contributed by atoms with Crippen molar-refractivity contribution >= 4 is 15.7 Å². The van der Waals surface area contributed by atoms with Crippen LogP contribution in [0.2, 0.25) is 0 Å². The Morgan fingerprint density at radius 2 is 1.89 bits per heavy atom. The van der Waals surface area contributed by atoms with Gasteiger partial charge in [0.25, 0.3) is 0 Å². The molecular formula is C12H17FN2O2S. The van der Waals surface area contributed by atoms with Gasteiger partial charge in [-0.15, -0.1) is 0 Å². The van der Waals surface area contributed by atoms with Gasteiger partial charge in [0.05, 0.1) is 10.6 Å². The number of halogens is 1. The second kappa shape index (κ2) is 5.24. The second-order valence-corrected chi connectivity index (χ2v) is 6.35. The van der Waals surface area contributed by atoms with Crippen LogP contribution in [-0.2, 0) is 10.0 Å². The summed E-state index contributed by atoms with van der Waals surface area (Å²) in [6.45, 7) is 0. The van der Waals surface area contributed by atoms with Crippen LogP contribution in [0.4, 0.5) is 10.1 Å². The fourth-order valence-corrected chi connectivity index (χ4v) is 3.54. The Morgan fingerprint density at radius 3 is 2.50 bits per heavy atom. The molecule has 0 heterocycles. The number of sulfonamides is 1. The van der Waals surface area contributed by atoms with E-state index in [-0.39, 0.29) is 16.6 Å². The largest absolute Gasteiger partial charge is 0.396 e. The Balaban J connectivity index is 2.16. The van der Waals surface area contributed by atoms with E-state index in [1.165, 1.54) is 6.07 Å². The molecule has 18 heavy (non-hydrogen) atoms. The van der Waals surface area contributed by atoms with Gasteiger partial charge in [-0.2, -0.15) is 0 Å². The molecule has 2 rings (SSSR count). The van der Waals surface area contributed by atoms with Crippen molar-refractivity contribution < 1.29 is 12.8 Å². The zero-order chi connectivity index (χ0) is 13.2. The SMILES string of the molecule is Nc1cc(S(=O)(=O)NC2CCCCC2)ccc1F. The smallest absolute Gasteiger partial charge is 0.240 e. The van der Waals surface area contributed by atoms with Gasteiger partial charge in [0.15, 0.2) is 0 Å². The van der Waals surface area contributed by atoms with Crippen LogP contribution in [-0.4, -0.2) is 14.5 Å². The number of nitrogen functional groups attached to an aromatic ring is 1. The quantitative estimate of drug-likeness (QED) is 0.827. The Morgan fingerprint density at radius 1 is 1.22 bits per heavy atom. The van der Waals surface area contributed by atoms with Crippen molar-refractivity contribution in [3.05, 3.63) is 24.0 Å². The molecule has 0 amide bonds. The van der Waals surface area contributed by atoms with Crippen molar-refractivity contribution in [2.75, 3.05) is 5.73 Å². The molecule has 0 aromatic heterocycles. The Labute approximate surface area is 106 Å². The van der Waals surface area contributed by atoms with E-state index < -0.39 is 15.8 Å². The van der Waals surface area contributed by atoms with E-state index in [1.807, 2.05) is 0 Å². The number of rotatable bonds is 3. The third kappa shape index (κ3) is 3.00. The van der Waals surface area contributed by atoms with E-state index in [0.717, 1.165) is 44.2 Å². The van der Waals surface area contributed by atoms with Gasteiger partial charge < -0.3 is 5.73 Å². The Kier molecular flexibility index (Phi) is 3.87. The maximum atomic E-state index is 13.0. The molecule has 0 radical (unpaired) electrons. The molecule has 0 saturated heterocycles. The summed E-state index contributed by atoms with van der Waals surface area (Å²) in [5, 5.41) is 0. The first kappa shape index (κ1) is 13.3. The van der Waals surface area contributed by atoms with Crippen LogP contribution in [0.15, 0.2) is 23.1 Å². The molecule has 1 aliphatic rings. The molecule has 100 valence electrons. The van der Waals surface area contributed by atoms with E-state index in [0.29, 0.717) is 0 Å². The van der Waals surface area contributed by atoms with Crippen LogP contribution in [0.25, 0.3) is 0 Å². The second-order valence-electron chi connectivity index (χ2n) is 4.64. The van der Waals surface area contributed by atoms with E-state index in [9.17, 15) is 12.8 Å². The summed E-state index contributed by atoms with van der Waals surface area (Å²) in [5.74, 6) is -0.605. The minimum absolute atomic E-state index is 0.0185. The predicted octanol–water partition coefficient (Wildman–Crippen LogP) is 2.02. The summed E-state index contributed by atoms with van der Waals surface area (Å²) in [6.07, 6.45) is 4.95. The molecule has 0 atom stereocenters. The molecule has 0 aliphatic heterocycles. The minimum atomic E-state index is -3.60. The van der Waals surface area contributed by atoms with Crippen LogP contribution in [0.3, 0.4) is 0 Å². The fraction of sp³-hybridized carbons (Fsp3) is 0.500. The van der Waals surface area contributed by atoms with E-state index in [1.54, 1.807) is 0 Å². The number of hydrogen-bond acceptors (Lipinski definition) is 3. The number of nitrogens with one attached hydrogen (secondary N) is 1. The van der Waals surface area contributed by atoms with Gasteiger partial charge >= 0.3 is 0 Å². The van der Waals surface area contributed by atoms with Gasteiger partial charge in [0.2, 0.25) is 10.0 Å². The zero-order valence-electron chi connectivity index (χ0n) is 10.0. The number of benzene rings is 1. The molecule has 3 N–H and O–H groups in total. The van der Waals surface area contributed by atoms with Gasteiger partial charge in [-0.05, 0) is 31.0 Å². The molecule has 0 spiro atoms. The monoisotopic (exact) mass is 272 g/mol. The van der Waals surface area contributed by atoms with Crippen LogP contribution in [0.1, 0.15) is 32.1 Å². The lowest BCUT2D eigenvalue weighted by atomic mass is 9.96. The topological polar surface area (TPSA) is 72.2 Å². The number of anilines is 1. The van der Waals surface area contributed by atoms with Crippen molar-refractivity contribution in [3.8, 4) is 0 Å². The Bertz CT molecular complexity index is 525. The summed E-state index contributed by atoms with van der Waals surface area (Å²) in [5.41, 5.74) is 5.23. The predicted molar refractivity (Wildman–Crippen MR) is 68.0 cm³/mol. The number of nitrogens with two attached hydrogens (primary N) is 1. The first-order chi connectivity index (χ1) is 8.49. The summed E-state index contributed by atoms with van der Waals surface area (Å²) < 4.78 is 39.8. The highest BCUT2D eigenvalue weighted by molar-refractivity contribution is 7.89. The Hall–Kier alpha value is -1.14. The first-order valence-corrected chi connectivity index (χ1v) is 7.55. The highest BCUT2D eigenvalue weighted by atomic mass is 32.2. The highest BCUT2D eigenvalue weighted by Gasteiger charge is 2.22. The lowest BCUT2D eigenvalue weighted by Crippen LogP contribution is -2.36. The average molecular weight is 272 g/mol. The first-order valence-electron chi connectivity index (χ1n) is 6.06. The fourth-order valence-electron chi connectivity index (χ4n) is 2.20. The van der Waals surface area contributed by atoms with Gasteiger partial charge in [-0.25, -0.2) is 17.5 Å². The normalized spacial score (nSPS) is 17.8. The van der Waals surface area contributed by atoms with E-state index >= 15 is 0 Å². The molecule has 1 saturated carbocycles. The molecule has 6 heteroatoms. The highest BCUT2D eigenvalue weighted by Crippen LogP contribution is 2.21. The molecule has 1 aliphatic carbocycles. The molecule has 0 bridgehead atoms. The maximum Gasteiger partial charge on any atom is 0.240 e. The van der Waals surface area contributed by atoms with Gasteiger partial charge in [-0.3, -0.25) is 0 Å². The molecule has 1 aromatic rings. The van der Waals surface area contributed by atoms with Crippen molar-refractivity contribution in [1.29, 1.82) is 0 Å². The third-order valence-corrected chi connectivity index (χ3v) is 4.72. The van der Waals surface area contributed by atoms with Crippen molar-refractivity contribution in [3.63, 3.8) is 0 Å². The lowest BCUT2D eigenvalue weighted by molar-refractivity contribution is 0.412. The molecule has 4 nitrogen and oxygen atoms in total. The molecule has 0 unspecified atom stereocenters. The van der Waals surface area contributed by atoms with Gasteiger partial charge in [-0.1, -0.05) is 19.3 Å². The summed E-state index contributed by atoms with van der Waals surface area (Å²) in [6, 6.07) is 3.44. The molecular weight excluding hydrogens is 255 g/mol. The lowest BCUT2D eigenvalue weighted by Gasteiger charge is -2.22. The zero-order valence-corrected chi connectivity index (χ0v) is 10.8. The van der Waals surface area contributed by atoms with Crippen molar-refractivity contribution in [1.82, 2.24) is 4.72 Å². The van der Waals surface area contributed by atoms with Crippen LogP contribution in [0.5, 0.6) is 0 Å². The standard InChI is InChI=1S/C12H17FN2O2S/c13-11-7-6-10(8-12(11)14)18(16,17)15-9-4-2-1-3-5-9/h6-9,15H,1-5,14H2. The molecule has 1 fully saturated rings. The molecule has 1 aromatic carbocycles. The van der Waals surface area contributed by atoms with Gasteiger partial charge in [0, 0.05) is 6.04 Å². The summed E-state index contributed by atoms with van der Waals surface area (Å²) >= 11 is 0. The van der Waals surface area contributed by atoms with Crippen molar-refractivity contribution in [2.45, 2.75) is 43.0 Å². The summed E-state index contributed by atoms with van der Waals surface area (Å²) in [4.78, 5) is 0.0203. The van der Waals surface area contributed by atoms with E-state index in [2.05, 4.69) is 4.72 Å². The van der Waals surface area contributed by atoms with Crippen molar-refractivity contribution in [2.24, 2.45) is 0 Å². The van der Waals surface area contributed by atoms with Crippen LogP contribution >= 0.6 is 0 Å². The van der Waals surface area contributed by atoms with E-state index in [4.69, 9.17) is 5.73 Å². The van der Waals surface area contributed by atoms with Crippen LogP contribution in [0, 0.1) is 5.82 Å². The average Bonchev–Trinajstić information content (AvgIpc) is 2.33. The summed E-state index contributed by atoms with van der Waals surface area (Å²) in [7, 11) is -3.60. The van der Waals surface area contributed by atoms with Crippen LogP contribution < -0.4 is 10.5 Å². The minimum Gasteiger partial charge on any atom is -0.396 e. The number of hydrogen-bond donors (Lipinski definition) is 2. The van der Waals surface area contributed by atoms with Gasteiger partial charge in [0.1, 0.15) is 5.82 Å². The third-order valence-electron chi connectivity index (χ3n) is 3.20.